The zero-order valence-electron chi connectivity index (χ0n) is 7.64. The van der Waals surface area contributed by atoms with Gasteiger partial charge in [-0.2, -0.15) is 0 Å². The molecule has 12 heavy (non-hydrogen) atoms. The first kappa shape index (κ1) is 8.48. The quantitative estimate of drug-likeness (QED) is 0.652. The van der Waals surface area contributed by atoms with Crippen LogP contribution < -0.4 is 5.32 Å². The fourth-order valence-corrected chi connectivity index (χ4v) is 2.42. The van der Waals surface area contributed by atoms with Crippen LogP contribution in [-0.4, -0.2) is 39.5 Å². The zero-order chi connectivity index (χ0) is 8.44. The monoisotopic (exact) mass is 171 g/mol. The Hall–Kier alpha value is -0.120. The average molecular weight is 171 g/mol. The summed E-state index contributed by atoms with van der Waals surface area (Å²) in [7, 11) is 1.78. The lowest BCUT2D eigenvalue weighted by atomic mass is 9.79. The van der Waals surface area contributed by atoms with Crippen molar-refractivity contribution in [3.05, 3.63) is 0 Å². The topological polar surface area (TPSA) is 30.5 Å². The minimum absolute atomic E-state index is 0.285. The van der Waals surface area contributed by atoms with E-state index in [4.69, 9.17) is 9.47 Å². The SMILES string of the molecule is COC[C@@]12CCCO[C@@H]1CNC2. The van der Waals surface area contributed by atoms with E-state index in [1.807, 2.05) is 0 Å². The second kappa shape index (κ2) is 3.32. The smallest absolute Gasteiger partial charge is 0.0789 e. The van der Waals surface area contributed by atoms with Crippen LogP contribution in [0.15, 0.2) is 0 Å². The summed E-state index contributed by atoms with van der Waals surface area (Å²) in [4.78, 5) is 0. The van der Waals surface area contributed by atoms with Crippen molar-refractivity contribution in [2.24, 2.45) is 5.41 Å². The second-order valence-corrected chi connectivity index (χ2v) is 3.89. The molecule has 70 valence electrons. The van der Waals surface area contributed by atoms with Crippen LogP contribution >= 0.6 is 0 Å². The molecular formula is C9H17NO2. The lowest BCUT2D eigenvalue weighted by Crippen LogP contribution is -2.43. The van der Waals surface area contributed by atoms with Crippen molar-refractivity contribution in [1.82, 2.24) is 5.32 Å². The van der Waals surface area contributed by atoms with Gasteiger partial charge in [0.1, 0.15) is 0 Å². The molecule has 2 aliphatic heterocycles. The van der Waals surface area contributed by atoms with Crippen molar-refractivity contribution in [2.45, 2.75) is 18.9 Å². The van der Waals surface area contributed by atoms with Crippen LogP contribution in [-0.2, 0) is 9.47 Å². The Morgan fingerprint density at radius 1 is 1.67 bits per heavy atom. The highest BCUT2D eigenvalue weighted by Gasteiger charge is 2.45. The van der Waals surface area contributed by atoms with E-state index >= 15 is 0 Å². The molecule has 0 radical (unpaired) electrons. The highest BCUT2D eigenvalue weighted by molar-refractivity contribution is 4.98. The largest absolute Gasteiger partial charge is 0.384 e. The van der Waals surface area contributed by atoms with E-state index < -0.39 is 0 Å². The Kier molecular flexibility index (Phi) is 2.35. The molecule has 2 aliphatic rings. The fourth-order valence-electron chi connectivity index (χ4n) is 2.42. The number of nitrogens with one attached hydrogen (secondary N) is 1. The van der Waals surface area contributed by atoms with Crippen LogP contribution in [0, 0.1) is 5.41 Å². The summed E-state index contributed by atoms with van der Waals surface area (Å²) in [6.45, 7) is 3.83. The molecule has 2 heterocycles. The van der Waals surface area contributed by atoms with Crippen molar-refractivity contribution in [3.63, 3.8) is 0 Å². The molecule has 0 spiro atoms. The highest BCUT2D eigenvalue weighted by Crippen LogP contribution is 2.36. The van der Waals surface area contributed by atoms with Gasteiger partial charge < -0.3 is 14.8 Å². The normalized spacial score (nSPS) is 41.2. The lowest BCUT2D eigenvalue weighted by Gasteiger charge is -2.37. The van der Waals surface area contributed by atoms with Gasteiger partial charge in [-0.15, -0.1) is 0 Å². The average Bonchev–Trinajstić information content (AvgIpc) is 2.48. The van der Waals surface area contributed by atoms with Gasteiger partial charge in [-0.25, -0.2) is 0 Å². The van der Waals surface area contributed by atoms with Gasteiger partial charge in [0.2, 0.25) is 0 Å². The highest BCUT2D eigenvalue weighted by atomic mass is 16.5. The Labute approximate surface area is 73.4 Å². The fraction of sp³-hybridized carbons (Fsp3) is 1.00. The first-order valence-electron chi connectivity index (χ1n) is 4.69. The summed E-state index contributed by atoms with van der Waals surface area (Å²) >= 11 is 0. The maximum atomic E-state index is 5.72. The molecular weight excluding hydrogens is 154 g/mol. The molecule has 2 atom stereocenters. The Morgan fingerprint density at radius 2 is 2.58 bits per heavy atom. The van der Waals surface area contributed by atoms with Crippen molar-refractivity contribution < 1.29 is 9.47 Å². The van der Waals surface area contributed by atoms with E-state index in [1.165, 1.54) is 12.8 Å². The summed E-state index contributed by atoms with van der Waals surface area (Å²) < 4.78 is 11.0. The maximum Gasteiger partial charge on any atom is 0.0789 e. The molecule has 0 aromatic heterocycles. The summed E-state index contributed by atoms with van der Waals surface area (Å²) in [6, 6.07) is 0. The van der Waals surface area contributed by atoms with Gasteiger partial charge in [-0.3, -0.25) is 0 Å². The molecule has 0 bridgehead atoms. The predicted molar refractivity (Wildman–Crippen MR) is 46.2 cm³/mol. The standard InChI is InChI=1S/C9H17NO2/c1-11-7-9-3-2-4-12-8(9)5-10-6-9/h8,10H,2-7H2,1H3/t8-,9+/m1/s1. The van der Waals surface area contributed by atoms with Crippen molar-refractivity contribution >= 4 is 0 Å². The van der Waals surface area contributed by atoms with E-state index in [9.17, 15) is 0 Å². The number of methoxy groups -OCH3 is 1. The Balaban J connectivity index is 2.06. The third-order valence-corrected chi connectivity index (χ3v) is 3.06. The van der Waals surface area contributed by atoms with Gasteiger partial charge in [0.25, 0.3) is 0 Å². The summed E-state index contributed by atoms with van der Waals surface area (Å²) in [5.41, 5.74) is 0.285. The molecule has 3 heteroatoms. The predicted octanol–water partition coefficient (Wildman–Crippen LogP) is 0.401. The van der Waals surface area contributed by atoms with Gasteiger partial charge in [-0.1, -0.05) is 0 Å². The molecule has 2 saturated heterocycles. The van der Waals surface area contributed by atoms with Crippen LogP contribution in [0.5, 0.6) is 0 Å². The lowest BCUT2D eigenvalue weighted by molar-refractivity contribution is -0.0829. The van der Waals surface area contributed by atoms with Gasteiger partial charge in [0.15, 0.2) is 0 Å². The maximum absolute atomic E-state index is 5.72. The second-order valence-electron chi connectivity index (χ2n) is 3.89. The van der Waals surface area contributed by atoms with Crippen LogP contribution in [0.25, 0.3) is 0 Å². The van der Waals surface area contributed by atoms with Crippen LogP contribution in [0.1, 0.15) is 12.8 Å². The number of fused-ring (bicyclic) bond motifs is 1. The van der Waals surface area contributed by atoms with Crippen LogP contribution in [0.3, 0.4) is 0 Å². The van der Waals surface area contributed by atoms with Crippen LogP contribution in [0.4, 0.5) is 0 Å². The van der Waals surface area contributed by atoms with Crippen molar-refractivity contribution in [2.75, 3.05) is 33.4 Å². The first-order valence-corrected chi connectivity index (χ1v) is 4.69. The number of hydrogen-bond acceptors (Lipinski definition) is 3. The van der Waals surface area contributed by atoms with E-state index in [1.54, 1.807) is 7.11 Å². The molecule has 0 aromatic rings. The summed E-state index contributed by atoms with van der Waals surface area (Å²) in [6.07, 6.45) is 2.83. The molecule has 0 aliphatic carbocycles. The van der Waals surface area contributed by atoms with Gasteiger partial charge in [0, 0.05) is 32.2 Å². The number of ether oxygens (including phenoxy) is 2. The van der Waals surface area contributed by atoms with Gasteiger partial charge in [0.05, 0.1) is 12.7 Å². The molecule has 1 N–H and O–H groups in total. The molecule has 0 unspecified atom stereocenters. The minimum Gasteiger partial charge on any atom is -0.384 e. The zero-order valence-corrected chi connectivity index (χ0v) is 7.64. The van der Waals surface area contributed by atoms with Gasteiger partial charge in [-0.05, 0) is 12.8 Å². The van der Waals surface area contributed by atoms with E-state index in [-0.39, 0.29) is 5.41 Å². The van der Waals surface area contributed by atoms with Crippen molar-refractivity contribution in [1.29, 1.82) is 0 Å². The summed E-state index contributed by atoms with van der Waals surface area (Å²) in [5.74, 6) is 0. The first-order chi connectivity index (χ1) is 5.87. The van der Waals surface area contributed by atoms with E-state index in [2.05, 4.69) is 5.32 Å². The molecule has 3 nitrogen and oxygen atoms in total. The minimum atomic E-state index is 0.285. The van der Waals surface area contributed by atoms with Crippen LogP contribution in [0.2, 0.25) is 0 Å². The molecule has 2 rings (SSSR count). The van der Waals surface area contributed by atoms with Crippen molar-refractivity contribution in [3.8, 4) is 0 Å². The summed E-state index contributed by atoms with van der Waals surface area (Å²) in [5, 5.41) is 3.38. The Bertz CT molecular complexity index is 159. The molecule has 0 amide bonds. The molecule has 0 saturated carbocycles. The third kappa shape index (κ3) is 1.26. The molecule has 0 aromatic carbocycles. The number of hydrogen-bond donors (Lipinski definition) is 1. The molecule has 2 fully saturated rings. The van der Waals surface area contributed by atoms with Gasteiger partial charge >= 0.3 is 0 Å². The number of rotatable bonds is 2. The van der Waals surface area contributed by atoms with E-state index in [0.717, 1.165) is 26.3 Å². The third-order valence-electron chi connectivity index (χ3n) is 3.06. The Morgan fingerprint density at radius 3 is 3.42 bits per heavy atom. The van der Waals surface area contributed by atoms with E-state index in [0.29, 0.717) is 6.10 Å².